The normalized spacial score (nSPS) is 11.8. The molecular formula is C19H17N5O2S. The first-order valence-corrected chi connectivity index (χ1v) is 10.1. The van der Waals surface area contributed by atoms with Crippen molar-refractivity contribution in [3.8, 4) is 22.8 Å². The zero-order chi connectivity index (χ0) is 19.2. The Kier molecular flexibility index (Phi) is 3.92. The van der Waals surface area contributed by atoms with Crippen LogP contribution in [-0.4, -0.2) is 34.6 Å². The Morgan fingerprint density at radius 3 is 2.44 bits per heavy atom. The Labute approximate surface area is 156 Å². The van der Waals surface area contributed by atoms with Crippen molar-refractivity contribution in [3.63, 3.8) is 0 Å². The standard InChI is InChI=1S/C19H17N5O2S/c1-11-4-3-5-14-16(11)24-19(23-14)17-18(20)21-10-15(22-17)12-6-8-13(9-7-12)27(2,25)26/h3-10H,1-2H3,(H2,20,21)(H,23,24). The molecule has 0 atom stereocenters. The SMILES string of the molecule is Cc1cccc2nc(-c3nc(-c4ccc(S(C)(=O)=O)cc4)cnc3N)[nH]c12. The molecular weight excluding hydrogens is 362 g/mol. The molecule has 7 nitrogen and oxygen atoms in total. The van der Waals surface area contributed by atoms with Crippen LogP contribution < -0.4 is 5.73 Å². The van der Waals surface area contributed by atoms with Gasteiger partial charge in [0.15, 0.2) is 21.5 Å². The number of para-hydroxylation sites is 1. The molecule has 4 rings (SSSR count). The van der Waals surface area contributed by atoms with E-state index in [1.54, 1.807) is 30.5 Å². The number of nitrogen functional groups attached to an aromatic ring is 1. The second-order valence-corrected chi connectivity index (χ2v) is 8.36. The molecule has 4 aromatic rings. The van der Waals surface area contributed by atoms with Crippen LogP contribution in [0.25, 0.3) is 33.8 Å². The summed E-state index contributed by atoms with van der Waals surface area (Å²) in [4.78, 5) is 16.9. The molecule has 2 aromatic heterocycles. The van der Waals surface area contributed by atoms with Crippen LogP contribution in [0, 0.1) is 6.92 Å². The number of nitrogens with two attached hydrogens (primary N) is 1. The Morgan fingerprint density at radius 2 is 1.78 bits per heavy atom. The summed E-state index contributed by atoms with van der Waals surface area (Å²) in [7, 11) is -3.25. The summed E-state index contributed by atoms with van der Waals surface area (Å²) in [5.41, 5.74) is 10.6. The molecule has 136 valence electrons. The Morgan fingerprint density at radius 1 is 1.04 bits per heavy atom. The molecule has 27 heavy (non-hydrogen) atoms. The first kappa shape index (κ1) is 17.2. The predicted octanol–water partition coefficient (Wildman–Crippen LogP) is 2.98. The van der Waals surface area contributed by atoms with E-state index in [9.17, 15) is 8.42 Å². The van der Waals surface area contributed by atoms with Crippen LogP contribution in [0.3, 0.4) is 0 Å². The first-order chi connectivity index (χ1) is 12.8. The molecule has 8 heteroatoms. The number of anilines is 1. The molecule has 0 spiro atoms. The fourth-order valence-electron chi connectivity index (χ4n) is 2.87. The van der Waals surface area contributed by atoms with Crippen LogP contribution in [0.4, 0.5) is 5.82 Å². The van der Waals surface area contributed by atoms with Gasteiger partial charge in [-0.15, -0.1) is 0 Å². The maximum atomic E-state index is 11.6. The number of aromatic nitrogens is 4. The minimum Gasteiger partial charge on any atom is -0.382 e. The number of hydrogen-bond acceptors (Lipinski definition) is 6. The number of imidazole rings is 1. The van der Waals surface area contributed by atoms with E-state index in [2.05, 4.69) is 19.9 Å². The smallest absolute Gasteiger partial charge is 0.175 e. The zero-order valence-electron chi connectivity index (χ0n) is 14.8. The van der Waals surface area contributed by atoms with Crippen LogP contribution in [-0.2, 0) is 9.84 Å². The number of aromatic amines is 1. The average molecular weight is 379 g/mol. The van der Waals surface area contributed by atoms with Gasteiger partial charge >= 0.3 is 0 Å². The van der Waals surface area contributed by atoms with Crippen molar-refractivity contribution >= 4 is 26.7 Å². The minimum atomic E-state index is -3.25. The minimum absolute atomic E-state index is 0.252. The molecule has 0 unspecified atom stereocenters. The van der Waals surface area contributed by atoms with Crippen LogP contribution in [0.5, 0.6) is 0 Å². The summed E-state index contributed by atoms with van der Waals surface area (Å²) < 4.78 is 23.2. The molecule has 2 aromatic carbocycles. The van der Waals surface area contributed by atoms with Crippen molar-refractivity contribution in [2.45, 2.75) is 11.8 Å². The highest BCUT2D eigenvalue weighted by molar-refractivity contribution is 7.90. The Hall–Kier alpha value is -3.26. The number of nitrogens with one attached hydrogen (secondary N) is 1. The first-order valence-electron chi connectivity index (χ1n) is 8.21. The monoisotopic (exact) mass is 379 g/mol. The molecule has 0 saturated carbocycles. The van der Waals surface area contributed by atoms with Crippen LogP contribution >= 0.6 is 0 Å². The quantitative estimate of drug-likeness (QED) is 0.565. The van der Waals surface area contributed by atoms with Gasteiger partial charge in [-0.05, 0) is 30.7 Å². The summed E-state index contributed by atoms with van der Waals surface area (Å²) in [6.07, 6.45) is 2.73. The van der Waals surface area contributed by atoms with Crippen LogP contribution in [0.15, 0.2) is 53.6 Å². The van der Waals surface area contributed by atoms with Crippen molar-refractivity contribution in [1.82, 2.24) is 19.9 Å². The van der Waals surface area contributed by atoms with Gasteiger partial charge in [0.25, 0.3) is 0 Å². The van der Waals surface area contributed by atoms with Gasteiger partial charge in [0.1, 0.15) is 5.69 Å². The molecule has 3 N–H and O–H groups in total. The van der Waals surface area contributed by atoms with Crippen molar-refractivity contribution in [2.24, 2.45) is 0 Å². The molecule has 0 bridgehead atoms. The third-order valence-electron chi connectivity index (χ3n) is 4.33. The van der Waals surface area contributed by atoms with Crippen molar-refractivity contribution in [1.29, 1.82) is 0 Å². The summed E-state index contributed by atoms with van der Waals surface area (Å²) in [5, 5.41) is 0. The number of benzene rings is 2. The van der Waals surface area contributed by atoms with Crippen molar-refractivity contribution in [3.05, 3.63) is 54.2 Å². The molecule has 0 radical (unpaired) electrons. The van der Waals surface area contributed by atoms with Gasteiger partial charge in [0.2, 0.25) is 0 Å². The van der Waals surface area contributed by atoms with Gasteiger partial charge < -0.3 is 10.7 Å². The second kappa shape index (κ2) is 6.17. The lowest BCUT2D eigenvalue weighted by atomic mass is 10.1. The maximum absolute atomic E-state index is 11.6. The number of aryl methyl sites for hydroxylation is 1. The van der Waals surface area contributed by atoms with E-state index in [4.69, 9.17) is 5.73 Å². The third kappa shape index (κ3) is 3.15. The summed E-state index contributed by atoms with van der Waals surface area (Å²) in [6.45, 7) is 2.00. The highest BCUT2D eigenvalue weighted by Gasteiger charge is 2.14. The van der Waals surface area contributed by atoms with Crippen LogP contribution in [0.2, 0.25) is 0 Å². The largest absolute Gasteiger partial charge is 0.382 e. The predicted molar refractivity (Wildman–Crippen MR) is 105 cm³/mol. The van der Waals surface area contributed by atoms with Crippen LogP contribution in [0.1, 0.15) is 5.56 Å². The van der Waals surface area contributed by atoms with E-state index < -0.39 is 9.84 Å². The number of nitrogens with zero attached hydrogens (tertiary/aromatic N) is 3. The molecule has 0 aliphatic heterocycles. The number of hydrogen-bond donors (Lipinski definition) is 2. The lowest BCUT2D eigenvalue weighted by molar-refractivity contribution is 0.602. The summed E-state index contributed by atoms with van der Waals surface area (Å²) in [6, 6.07) is 12.3. The maximum Gasteiger partial charge on any atom is 0.175 e. The molecule has 0 saturated heterocycles. The van der Waals surface area contributed by atoms with Crippen molar-refractivity contribution < 1.29 is 8.42 Å². The molecule has 0 amide bonds. The lowest BCUT2D eigenvalue weighted by Crippen LogP contribution is -2.00. The summed E-state index contributed by atoms with van der Waals surface area (Å²) in [5.74, 6) is 0.808. The Bertz CT molecular complexity index is 1260. The van der Waals surface area contributed by atoms with Gasteiger partial charge in [-0.2, -0.15) is 0 Å². The van der Waals surface area contributed by atoms with Gasteiger partial charge in [0, 0.05) is 11.8 Å². The van der Waals surface area contributed by atoms with E-state index in [1.165, 1.54) is 6.26 Å². The fourth-order valence-corrected chi connectivity index (χ4v) is 3.50. The van der Waals surface area contributed by atoms with Gasteiger partial charge in [-0.25, -0.2) is 23.4 Å². The molecule has 0 aliphatic carbocycles. The molecule has 0 aliphatic rings. The average Bonchev–Trinajstić information content (AvgIpc) is 3.07. The lowest BCUT2D eigenvalue weighted by Gasteiger charge is -2.06. The number of fused-ring (bicyclic) bond motifs is 1. The van der Waals surface area contributed by atoms with Gasteiger partial charge in [-0.1, -0.05) is 24.3 Å². The second-order valence-electron chi connectivity index (χ2n) is 6.34. The molecule has 0 fully saturated rings. The van der Waals surface area contributed by atoms with E-state index >= 15 is 0 Å². The number of rotatable bonds is 3. The van der Waals surface area contributed by atoms with E-state index in [1.807, 2.05) is 25.1 Å². The van der Waals surface area contributed by atoms with Crippen molar-refractivity contribution in [2.75, 3.05) is 12.0 Å². The van der Waals surface area contributed by atoms with E-state index in [0.29, 0.717) is 17.2 Å². The zero-order valence-corrected chi connectivity index (χ0v) is 15.6. The topological polar surface area (TPSA) is 115 Å². The fraction of sp³-hybridized carbons (Fsp3) is 0.105. The Balaban J connectivity index is 1.80. The number of sulfone groups is 1. The van der Waals surface area contributed by atoms with E-state index in [-0.39, 0.29) is 10.7 Å². The van der Waals surface area contributed by atoms with E-state index in [0.717, 1.165) is 22.2 Å². The third-order valence-corrected chi connectivity index (χ3v) is 5.46. The highest BCUT2D eigenvalue weighted by atomic mass is 32.2. The molecule has 2 heterocycles. The summed E-state index contributed by atoms with van der Waals surface area (Å²) >= 11 is 0. The number of H-pyrrole nitrogens is 1. The van der Waals surface area contributed by atoms with Gasteiger partial charge in [0.05, 0.1) is 27.8 Å². The van der Waals surface area contributed by atoms with Gasteiger partial charge in [-0.3, -0.25) is 0 Å². The highest BCUT2D eigenvalue weighted by Crippen LogP contribution is 2.27.